The van der Waals surface area contributed by atoms with Gasteiger partial charge in [-0.05, 0) is 48.9 Å². The standard InChI is InChI=1S/C15H25NS/c1-5-16-15(13(3)11-17-4)10-14-9-7-6-8-12(14)2/h6-9,13,15-16H,5,10-11H2,1-4H3. The fraction of sp³-hybridized carbons (Fsp3) is 0.600. The Bertz CT molecular complexity index is 324. The quantitative estimate of drug-likeness (QED) is 0.796. The molecule has 2 unspecified atom stereocenters. The summed E-state index contributed by atoms with van der Waals surface area (Å²) in [6.45, 7) is 7.80. The minimum atomic E-state index is 0.591. The van der Waals surface area contributed by atoms with Gasteiger partial charge in [0.2, 0.25) is 0 Å². The van der Waals surface area contributed by atoms with Crippen LogP contribution in [0.25, 0.3) is 0 Å². The Morgan fingerprint density at radius 1 is 1.29 bits per heavy atom. The predicted octanol–water partition coefficient (Wildman–Crippen LogP) is 3.51. The molecule has 0 heterocycles. The number of hydrogen-bond acceptors (Lipinski definition) is 2. The van der Waals surface area contributed by atoms with E-state index in [1.165, 1.54) is 16.9 Å². The summed E-state index contributed by atoms with van der Waals surface area (Å²) in [5, 5.41) is 3.63. The molecule has 1 N–H and O–H groups in total. The van der Waals surface area contributed by atoms with Crippen LogP contribution in [0.15, 0.2) is 24.3 Å². The van der Waals surface area contributed by atoms with Crippen molar-refractivity contribution in [2.45, 2.75) is 33.2 Å². The van der Waals surface area contributed by atoms with E-state index in [0.29, 0.717) is 12.0 Å². The summed E-state index contributed by atoms with van der Waals surface area (Å²) in [6.07, 6.45) is 3.33. The van der Waals surface area contributed by atoms with Crippen molar-refractivity contribution in [1.29, 1.82) is 0 Å². The number of nitrogens with one attached hydrogen (secondary N) is 1. The zero-order valence-corrected chi connectivity index (χ0v) is 12.3. The third kappa shape index (κ3) is 4.72. The number of likely N-dealkylation sites (N-methyl/N-ethyl adjacent to an activating group) is 1. The van der Waals surface area contributed by atoms with Crippen LogP contribution < -0.4 is 5.32 Å². The molecule has 17 heavy (non-hydrogen) atoms. The van der Waals surface area contributed by atoms with Crippen LogP contribution in [0.1, 0.15) is 25.0 Å². The molecule has 0 aromatic heterocycles. The van der Waals surface area contributed by atoms with Crippen molar-refractivity contribution < 1.29 is 0 Å². The first-order chi connectivity index (χ1) is 8.19. The van der Waals surface area contributed by atoms with Gasteiger partial charge in [0.15, 0.2) is 0 Å². The van der Waals surface area contributed by atoms with Gasteiger partial charge in [-0.2, -0.15) is 11.8 Å². The lowest BCUT2D eigenvalue weighted by atomic mass is 9.94. The van der Waals surface area contributed by atoms with E-state index in [9.17, 15) is 0 Å². The van der Waals surface area contributed by atoms with E-state index < -0.39 is 0 Å². The van der Waals surface area contributed by atoms with Crippen molar-refractivity contribution >= 4 is 11.8 Å². The fourth-order valence-electron chi connectivity index (χ4n) is 2.19. The average Bonchev–Trinajstić information content (AvgIpc) is 2.31. The third-order valence-corrected chi connectivity index (χ3v) is 4.14. The Morgan fingerprint density at radius 2 is 2.00 bits per heavy atom. The highest BCUT2D eigenvalue weighted by Crippen LogP contribution is 2.16. The fourth-order valence-corrected chi connectivity index (χ4v) is 2.95. The van der Waals surface area contributed by atoms with Gasteiger partial charge in [-0.15, -0.1) is 0 Å². The number of rotatable bonds is 7. The summed E-state index contributed by atoms with van der Waals surface area (Å²) in [6, 6.07) is 9.31. The summed E-state index contributed by atoms with van der Waals surface area (Å²) >= 11 is 1.94. The Kier molecular flexibility index (Phi) is 6.68. The van der Waals surface area contributed by atoms with E-state index in [4.69, 9.17) is 0 Å². The molecular formula is C15H25NS. The molecule has 0 fully saturated rings. The molecule has 0 amide bonds. The Morgan fingerprint density at radius 3 is 2.59 bits per heavy atom. The molecule has 0 saturated carbocycles. The summed E-state index contributed by atoms with van der Waals surface area (Å²) in [4.78, 5) is 0. The predicted molar refractivity (Wildman–Crippen MR) is 79.9 cm³/mol. The number of hydrogen-bond donors (Lipinski definition) is 1. The van der Waals surface area contributed by atoms with Crippen LogP contribution >= 0.6 is 11.8 Å². The van der Waals surface area contributed by atoms with Gasteiger partial charge in [-0.25, -0.2) is 0 Å². The molecule has 0 radical (unpaired) electrons. The maximum Gasteiger partial charge on any atom is 0.0141 e. The SMILES string of the molecule is CCNC(Cc1ccccc1C)C(C)CSC. The molecule has 1 rings (SSSR count). The first-order valence-electron chi connectivity index (χ1n) is 6.45. The Balaban J connectivity index is 2.69. The third-order valence-electron chi connectivity index (χ3n) is 3.28. The maximum atomic E-state index is 3.63. The van der Waals surface area contributed by atoms with Crippen LogP contribution in [0.5, 0.6) is 0 Å². The average molecular weight is 251 g/mol. The van der Waals surface area contributed by atoms with Crippen LogP contribution in [-0.2, 0) is 6.42 Å². The van der Waals surface area contributed by atoms with Gasteiger partial charge in [-0.1, -0.05) is 38.1 Å². The second-order valence-electron chi connectivity index (χ2n) is 4.73. The number of aryl methyl sites for hydroxylation is 1. The van der Waals surface area contributed by atoms with Crippen molar-refractivity contribution in [2.24, 2.45) is 5.92 Å². The lowest BCUT2D eigenvalue weighted by Gasteiger charge is -2.25. The molecule has 0 saturated heterocycles. The topological polar surface area (TPSA) is 12.0 Å². The van der Waals surface area contributed by atoms with Gasteiger partial charge >= 0.3 is 0 Å². The van der Waals surface area contributed by atoms with Crippen LogP contribution in [0.3, 0.4) is 0 Å². The molecule has 96 valence electrons. The van der Waals surface area contributed by atoms with E-state index in [1.54, 1.807) is 0 Å². The summed E-state index contributed by atoms with van der Waals surface area (Å²) in [5.74, 6) is 1.94. The van der Waals surface area contributed by atoms with E-state index in [0.717, 1.165) is 13.0 Å². The summed E-state index contributed by atoms with van der Waals surface area (Å²) in [5.41, 5.74) is 2.89. The van der Waals surface area contributed by atoms with Crippen LogP contribution in [0.2, 0.25) is 0 Å². The van der Waals surface area contributed by atoms with Crippen molar-refractivity contribution in [3.05, 3.63) is 35.4 Å². The van der Waals surface area contributed by atoms with E-state index >= 15 is 0 Å². The highest BCUT2D eigenvalue weighted by Gasteiger charge is 2.16. The van der Waals surface area contributed by atoms with Gasteiger partial charge in [0.25, 0.3) is 0 Å². The lowest BCUT2D eigenvalue weighted by molar-refractivity contribution is 0.410. The normalized spacial score (nSPS) is 14.6. The largest absolute Gasteiger partial charge is 0.314 e. The first kappa shape index (κ1) is 14.6. The summed E-state index contributed by atoms with van der Waals surface area (Å²) < 4.78 is 0. The van der Waals surface area contributed by atoms with Gasteiger partial charge in [0, 0.05) is 6.04 Å². The second kappa shape index (κ2) is 7.78. The molecule has 0 aliphatic heterocycles. The zero-order chi connectivity index (χ0) is 12.7. The Labute approximate surface area is 110 Å². The number of thioether (sulfide) groups is 1. The van der Waals surface area contributed by atoms with Gasteiger partial charge in [-0.3, -0.25) is 0 Å². The van der Waals surface area contributed by atoms with Crippen LogP contribution in [-0.4, -0.2) is 24.6 Å². The molecule has 1 nitrogen and oxygen atoms in total. The molecule has 2 heteroatoms. The molecular weight excluding hydrogens is 226 g/mol. The minimum absolute atomic E-state index is 0.591. The number of benzene rings is 1. The van der Waals surface area contributed by atoms with E-state index in [1.807, 2.05) is 11.8 Å². The van der Waals surface area contributed by atoms with Crippen molar-refractivity contribution in [2.75, 3.05) is 18.6 Å². The second-order valence-corrected chi connectivity index (χ2v) is 5.64. The van der Waals surface area contributed by atoms with E-state index in [2.05, 4.69) is 56.6 Å². The molecule has 0 aliphatic rings. The molecule has 1 aromatic carbocycles. The van der Waals surface area contributed by atoms with Crippen LogP contribution in [0.4, 0.5) is 0 Å². The Hall–Kier alpha value is -0.470. The first-order valence-corrected chi connectivity index (χ1v) is 7.85. The summed E-state index contributed by atoms with van der Waals surface area (Å²) in [7, 11) is 0. The smallest absolute Gasteiger partial charge is 0.0141 e. The van der Waals surface area contributed by atoms with Crippen LogP contribution in [0, 0.1) is 12.8 Å². The van der Waals surface area contributed by atoms with Gasteiger partial charge in [0.05, 0.1) is 0 Å². The zero-order valence-electron chi connectivity index (χ0n) is 11.5. The van der Waals surface area contributed by atoms with Crippen molar-refractivity contribution in [3.63, 3.8) is 0 Å². The lowest BCUT2D eigenvalue weighted by Crippen LogP contribution is -2.38. The molecule has 1 aromatic rings. The molecule has 0 bridgehead atoms. The van der Waals surface area contributed by atoms with Gasteiger partial charge < -0.3 is 5.32 Å². The van der Waals surface area contributed by atoms with Gasteiger partial charge in [0.1, 0.15) is 0 Å². The van der Waals surface area contributed by atoms with Crippen molar-refractivity contribution in [3.8, 4) is 0 Å². The van der Waals surface area contributed by atoms with Crippen molar-refractivity contribution in [1.82, 2.24) is 5.32 Å². The highest BCUT2D eigenvalue weighted by molar-refractivity contribution is 7.98. The monoisotopic (exact) mass is 251 g/mol. The van der Waals surface area contributed by atoms with E-state index in [-0.39, 0.29) is 0 Å². The minimum Gasteiger partial charge on any atom is -0.314 e. The highest BCUT2D eigenvalue weighted by atomic mass is 32.2. The molecule has 0 spiro atoms. The maximum absolute atomic E-state index is 3.63. The molecule has 0 aliphatic carbocycles. The molecule has 2 atom stereocenters.